The highest BCUT2D eigenvalue weighted by Crippen LogP contribution is 2.28. The largest absolute Gasteiger partial charge is 0.493 e. The Labute approximate surface area is 172 Å². The van der Waals surface area contributed by atoms with Crippen LogP contribution in [0.3, 0.4) is 0 Å². The van der Waals surface area contributed by atoms with E-state index in [0.29, 0.717) is 41.5 Å². The Morgan fingerprint density at radius 2 is 2.03 bits per heavy atom. The number of hydrazine groups is 1. The zero-order valence-electron chi connectivity index (χ0n) is 16.3. The normalized spacial score (nSPS) is 15.7. The van der Waals surface area contributed by atoms with Gasteiger partial charge in [0.1, 0.15) is 6.04 Å². The zero-order chi connectivity index (χ0) is 20.8. The highest BCUT2D eigenvalue weighted by molar-refractivity contribution is 7.12. The molecule has 154 valence electrons. The number of likely N-dealkylation sites (tertiary alicyclic amines) is 1. The van der Waals surface area contributed by atoms with Crippen molar-refractivity contribution in [1.82, 2.24) is 15.8 Å². The van der Waals surface area contributed by atoms with Crippen molar-refractivity contribution in [3.05, 3.63) is 46.2 Å². The number of rotatable bonds is 6. The number of hydrogen-bond acceptors (Lipinski definition) is 6. The van der Waals surface area contributed by atoms with Gasteiger partial charge in [0.2, 0.25) is 0 Å². The van der Waals surface area contributed by atoms with Gasteiger partial charge in [-0.15, -0.1) is 11.3 Å². The van der Waals surface area contributed by atoms with Gasteiger partial charge in [-0.2, -0.15) is 0 Å². The van der Waals surface area contributed by atoms with Crippen molar-refractivity contribution >= 4 is 29.1 Å². The smallest absolute Gasteiger partial charge is 0.269 e. The minimum Gasteiger partial charge on any atom is -0.493 e. The van der Waals surface area contributed by atoms with Gasteiger partial charge < -0.3 is 14.4 Å². The molecular formula is C20H23N3O5S. The molecule has 1 aromatic heterocycles. The zero-order valence-corrected chi connectivity index (χ0v) is 17.1. The molecule has 0 spiro atoms. The maximum atomic E-state index is 12.6. The first-order valence-corrected chi connectivity index (χ1v) is 10.2. The fourth-order valence-corrected chi connectivity index (χ4v) is 3.86. The minimum absolute atomic E-state index is 0.166. The van der Waals surface area contributed by atoms with Crippen LogP contribution in [0.2, 0.25) is 0 Å². The van der Waals surface area contributed by atoms with Crippen molar-refractivity contribution in [1.29, 1.82) is 0 Å². The number of nitrogens with zero attached hydrogens (tertiary/aromatic N) is 1. The van der Waals surface area contributed by atoms with Gasteiger partial charge in [-0.25, -0.2) is 0 Å². The van der Waals surface area contributed by atoms with Gasteiger partial charge in [-0.1, -0.05) is 6.07 Å². The van der Waals surface area contributed by atoms with E-state index in [9.17, 15) is 14.4 Å². The van der Waals surface area contributed by atoms with Crippen LogP contribution in [0.4, 0.5) is 0 Å². The Morgan fingerprint density at radius 1 is 1.21 bits per heavy atom. The first kappa shape index (κ1) is 20.7. The third-order valence-corrected chi connectivity index (χ3v) is 5.43. The van der Waals surface area contributed by atoms with Crippen molar-refractivity contribution in [3.63, 3.8) is 0 Å². The Bertz CT molecular complexity index is 884. The highest BCUT2D eigenvalue weighted by atomic mass is 32.1. The van der Waals surface area contributed by atoms with Crippen molar-refractivity contribution in [3.8, 4) is 11.5 Å². The van der Waals surface area contributed by atoms with Crippen LogP contribution in [-0.2, 0) is 4.79 Å². The highest BCUT2D eigenvalue weighted by Gasteiger charge is 2.35. The van der Waals surface area contributed by atoms with Crippen molar-refractivity contribution in [2.24, 2.45) is 0 Å². The second-order valence-corrected chi connectivity index (χ2v) is 7.32. The van der Waals surface area contributed by atoms with Crippen LogP contribution in [0.15, 0.2) is 35.7 Å². The van der Waals surface area contributed by atoms with Crippen LogP contribution < -0.4 is 20.3 Å². The molecular weight excluding hydrogens is 394 g/mol. The molecule has 1 aliphatic rings. The van der Waals surface area contributed by atoms with E-state index >= 15 is 0 Å². The third-order valence-electron chi connectivity index (χ3n) is 4.57. The van der Waals surface area contributed by atoms with Crippen LogP contribution in [0.1, 0.15) is 39.8 Å². The van der Waals surface area contributed by atoms with Gasteiger partial charge in [0.05, 0.1) is 18.6 Å². The molecule has 0 unspecified atom stereocenters. The monoisotopic (exact) mass is 417 g/mol. The predicted molar refractivity (Wildman–Crippen MR) is 108 cm³/mol. The van der Waals surface area contributed by atoms with E-state index in [-0.39, 0.29) is 5.91 Å². The predicted octanol–water partition coefficient (Wildman–Crippen LogP) is 2.22. The molecule has 29 heavy (non-hydrogen) atoms. The summed E-state index contributed by atoms with van der Waals surface area (Å²) in [6.45, 7) is 2.84. The lowest BCUT2D eigenvalue weighted by Crippen LogP contribution is -2.51. The summed E-state index contributed by atoms with van der Waals surface area (Å²) in [5.41, 5.74) is 5.14. The van der Waals surface area contributed by atoms with E-state index in [2.05, 4.69) is 10.9 Å². The number of ether oxygens (including phenoxy) is 2. The summed E-state index contributed by atoms with van der Waals surface area (Å²) >= 11 is 1.34. The average Bonchev–Trinajstić information content (AvgIpc) is 3.44. The summed E-state index contributed by atoms with van der Waals surface area (Å²) in [5, 5.41) is 1.82. The average molecular weight is 417 g/mol. The number of thiophene rings is 1. The molecule has 1 saturated heterocycles. The van der Waals surface area contributed by atoms with Gasteiger partial charge in [0.25, 0.3) is 17.7 Å². The standard InChI is InChI=1S/C20H23N3O5S/c1-3-28-15-9-8-13(12-16(15)27-2)18(24)21-22-19(25)14-6-4-10-23(14)20(26)17-7-5-11-29-17/h5,7-9,11-12,14H,3-4,6,10H2,1-2H3,(H,21,24)(H,22,25)/t14-/m0/s1. The van der Waals surface area contributed by atoms with Crippen molar-refractivity contribution in [2.45, 2.75) is 25.8 Å². The number of benzene rings is 1. The number of amides is 3. The first-order valence-electron chi connectivity index (χ1n) is 9.30. The first-order chi connectivity index (χ1) is 14.0. The Morgan fingerprint density at radius 3 is 2.72 bits per heavy atom. The van der Waals surface area contributed by atoms with E-state index in [4.69, 9.17) is 9.47 Å². The van der Waals surface area contributed by atoms with Gasteiger partial charge >= 0.3 is 0 Å². The molecule has 1 fully saturated rings. The lowest BCUT2D eigenvalue weighted by molar-refractivity contribution is -0.125. The molecule has 0 radical (unpaired) electrons. The molecule has 3 rings (SSSR count). The van der Waals surface area contributed by atoms with E-state index in [1.165, 1.54) is 24.5 Å². The van der Waals surface area contributed by atoms with E-state index in [1.807, 2.05) is 12.3 Å². The summed E-state index contributed by atoms with van der Waals surface area (Å²) < 4.78 is 10.7. The summed E-state index contributed by atoms with van der Waals surface area (Å²) in [4.78, 5) is 39.7. The molecule has 0 aliphatic carbocycles. The Hall–Kier alpha value is -3.07. The van der Waals surface area contributed by atoms with E-state index in [1.54, 1.807) is 29.2 Å². The van der Waals surface area contributed by atoms with Gasteiger partial charge in [0, 0.05) is 12.1 Å². The summed E-state index contributed by atoms with van der Waals surface area (Å²) in [5.74, 6) is -0.119. The topological polar surface area (TPSA) is 97.0 Å². The molecule has 9 heteroatoms. The molecule has 0 bridgehead atoms. The molecule has 2 aromatic rings. The minimum atomic E-state index is -0.611. The fourth-order valence-electron chi connectivity index (χ4n) is 3.18. The number of hydrogen-bond donors (Lipinski definition) is 2. The molecule has 1 atom stereocenters. The van der Waals surface area contributed by atoms with Crippen LogP contribution in [0, 0.1) is 0 Å². The fraction of sp³-hybridized carbons (Fsp3) is 0.350. The molecule has 1 aliphatic heterocycles. The van der Waals surface area contributed by atoms with Crippen molar-refractivity contribution < 1.29 is 23.9 Å². The molecule has 2 heterocycles. The van der Waals surface area contributed by atoms with E-state index in [0.717, 1.165) is 6.42 Å². The number of carbonyl (C=O) groups is 3. The number of methoxy groups -OCH3 is 1. The summed E-state index contributed by atoms with van der Waals surface area (Å²) in [7, 11) is 1.49. The second-order valence-electron chi connectivity index (χ2n) is 6.38. The quantitative estimate of drug-likeness (QED) is 0.703. The van der Waals surface area contributed by atoms with Crippen LogP contribution in [0.5, 0.6) is 11.5 Å². The molecule has 1 aromatic carbocycles. The molecule has 3 amide bonds. The number of nitrogens with one attached hydrogen (secondary N) is 2. The van der Waals surface area contributed by atoms with Crippen LogP contribution in [-0.4, -0.2) is 48.9 Å². The molecule has 2 N–H and O–H groups in total. The Kier molecular flexibility index (Phi) is 6.71. The van der Waals surface area contributed by atoms with Gasteiger partial charge in [0.15, 0.2) is 11.5 Å². The summed E-state index contributed by atoms with van der Waals surface area (Å²) in [6.07, 6.45) is 1.29. The lowest BCUT2D eigenvalue weighted by Gasteiger charge is -2.23. The van der Waals surface area contributed by atoms with Crippen molar-refractivity contribution in [2.75, 3.05) is 20.3 Å². The second kappa shape index (κ2) is 9.42. The maximum absolute atomic E-state index is 12.6. The summed E-state index contributed by atoms with van der Waals surface area (Å²) in [6, 6.07) is 7.68. The SMILES string of the molecule is CCOc1ccc(C(=O)NNC(=O)[C@@H]2CCCN2C(=O)c2cccs2)cc1OC. The lowest BCUT2D eigenvalue weighted by atomic mass is 10.2. The maximum Gasteiger partial charge on any atom is 0.269 e. The molecule has 0 saturated carbocycles. The van der Waals surface area contributed by atoms with Crippen LogP contribution >= 0.6 is 11.3 Å². The van der Waals surface area contributed by atoms with Gasteiger partial charge in [-0.05, 0) is 49.4 Å². The van der Waals surface area contributed by atoms with Gasteiger partial charge in [-0.3, -0.25) is 25.2 Å². The van der Waals surface area contributed by atoms with Crippen LogP contribution in [0.25, 0.3) is 0 Å². The number of carbonyl (C=O) groups excluding carboxylic acids is 3. The Balaban J connectivity index is 1.61. The third kappa shape index (κ3) is 4.68. The molecule has 8 nitrogen and oxygen atoms in total. The van der Waals surface area contributed by atoms with E-state index < -0.39 is 17.9 Å².